The first-order valence-corrected chi connectivity index (χ1v) is 9.21. The molecule has 1 aliphatic heterocycles. The Kier molecular flexibility index (Phi) is 6.61. The van der Waals surface area contributed by atoms with Crippen LogP contribution in [0.5, 0.6) is 5.75 Å². The predicted octanol–water partition coefficient (Wildman–Crippen LogP) is 2.27. The third-order valence-corrected chi connectivity index (χ3v) is 4.55. The molecule has 0 unspecified atom stereocenters. The predicted molar refractivity (Wildman–Crippen MR) is 102 cm³/mol. The van der Waals surface area contributed by atoms with Crippen LogP contribution >= 0.6 is 11.3 Å². The summed E-state index contributed by atoms with van der Waals surface area (Å²) in [5.41, 5.74) is 9.38. The summed E-state index contributed by atoms with van der Waals surface area (Å²) in [6, 6.07) is 7.85. The number of rotatable bonds is 8. The van der Waals surface area contributed by atoms with Gasteiger partial charge in [0.2, 0.25) is 5.13 Å². The van der Waals surface area contributed by atoms with Gasteiger partial charge in [0.25, 0.3) is 0 Å². The Morgan fingerprint density at radius 1 is 1.36 bits per heavy atom. The number of nitrogens with one attached hydrogen (secondary N) is 1. The van der Waals surface area contributed by atoms with Crippen LogP contribution in [0.2, 0.25) is 0 Å². The average molecular weight is 361 g/mol. The molecule has 0 atom stereocenters. The number of nitrogens with two attached hydrogens (primary N) is 1. The summed E-state index contributed by atoms with van der Waals surface area (Å²) in [5.74, 6) is 1.32. The zero-order valence-corrected chi connectivity index (χ0v) is 14.9. The third kappa shape index (κ3) is 5.70. The second-order valence-corrected chi connectivity index (χ2v) is 6.50. The van der Waals surface area contributed by atoms with Crippen LogP contribution in [0, 0.1) is 0 Å². The molecule has 1 aromatic heterocycles. The van der Waals surface area contributed by atoms with Gasteiger partial charge in [-0.05, 0) is 18.6 Å². The van der Waals surface area contributed by atoms with Crippen molar-refractivity contribution in [3.63, 3.8) is 0 Å². The highest BCUT2D eigenvalue weighted by Crippen LogP contribution is 2.18. The Bertz CT molecular complexity index is 685. The third-order valence-electron chi connectivity index (χ3n) is 3.78. The van der Waals surface area contributed by atoms with E-state index in [0.29, 0.717) is 17.6 Å². The highest BCUT2D eigenvalue weighted by atomic mass is 32.1. The number of aromatic nitrogens is 1. The fourth-order valence-corrected chi connectivity index (χ4v) is 3.06. The molecule has 7 nitrogen and oxygen atoms in total. The van der Waals surface area contributed by atoms with Crippen LogP contribution < -0.4 is 15.9 Å². The summed E-state index contributed by atoms with van der Waals surface area (Å²) in [6.07, 6.45) is 2.72. The maximum absolute atomic E-state index is 5.93. The molecular weight excluding hydrogens is 338 g/mol. The summed E-state index contributed by atoms with van der Waals surface area (Å²) in [4.78, 5) is 6.50. The number of thiazole rings is 1. The van der Waals surface area contributed by atoms with Gasteiger partial charge in [-0.2, -0.15) is 5.10 Å². The summed E-state index contributed by atoms with van der Waals surface area (Å²) in [6.45, 7) is 5.40. The van der Waals surface area contributed by atoms with Gasteiger partial charge in [0, 0.05) is 30.6 Å². The zero-order chi connectivity index (χ0) is 17.3. The van der Waals surface area contributed by atoms with Gasteiger partial charge < -0.3 is 15.2 Å². The molecule has 25 heavy (non-hydrogen) atoms. The second kappa shape index (κ2) is 9.36. The van der Waals surface area contributed by atoms with Crippen LogP contribution in [0.1, 0.15) is 12.0 Å². The molecule has 134 valence electrons. The van der Waals surface area contributed by atoms with Gasteiger partial charge in [0.1, 0.15) is 11.6 Å². The van der Waals surface area contributed by atoms with E-state index in [1.807, 2.05) is 24.3 Å². The maximum Gasteiger partial charge on any atom is 0.205 e. The first-order chi connectivity index (χ1) is 12.3. The van der Waals surface area contributed by atoms with Gasteiger partial charge in [-0.25, -0.2) is 4.98 Å². The molecule has 2 heterocycles. The number of para-hydroxylation sites is 1. The lowest BCUT2D eigenvalue weighted by Gasteiger charge is -2.26. The lowest BCUT2D eigenvalue weighted by molar-refractivity contribution is 0.0358. The van der Waals surface area contributed by atoms with E-state index in [1.54, 1.807) is 11.6 Å². The summed E-state index contributed by atoms with van der Waals surface area (Å²) in [7, 11) is 0. The van der Waals surface area contributed by atoms with Crippen molar-refractivity contribution >= 4 is 28.5 Å². The van der Waals surface area contributed by atoms with Gasteiger partial charge in [-0.1, -0.05) is 12.1 Å². The van der Waals surface area contributed by atoms with Crippen molar-refractivity contribution in [2.45, 2.75) is 6.42 Å². The van der Waals surface area contributed by atoms with E-state index >= 15 is 0 Å². The summed E-state index contributed by atoms with van der Waals surface area (Å²) < 4.78 is 11.3. The topological polar surface area (TPSA) is 85.0 Å². The molecule has 0 amide bonds. The second-order valence-electron chi connectivity index (χ2n) is 5.64. The van der Waals surface area contributed by atoms with E-state index in [0.717, 1.165) is 50.6 Å². The first kappa shape index (κ1) is 17.7. The summed E-state index contributed by atoms with van der Waals surface area (Å²) >= 11 is 1.41. The van der Waals surface area contributed by atoms with Gasteiger partial charge in [0.15, 0.2) is 0 Å². The van der Waals surface area contributed by atoms with E-state index in [9.17, 15) is 0 Å². The minimum absolute atomic E-state index is 0.492. The molecule has 1 aliphatic rings. The molecule has 0 bridgehead atoms. The number of hydrazone groups is 1. The van der Waals surface area contributed by atoms with E-state index in [1.165, 1.54) is 11.3 Å². The fraction of sp³-hybridized carbons (Fsp3) is 0.412. The normalized spacial score (nSPS) is 15.5. The van der Waals surface area contributed by atoms with Crippen LogP contribution in [-0.4, -0.2) is 55.6 Å². The monoisotopic (exact) mass is 361 g/mol. The molecular formula is C17H23N5O2S. The number of morpholine rings is 1. The van der Waals surface area contributed by atoms with Crippen molar-refractivity contribution in [3.05, 3.63) is 35.2 Å². The Morgan fingerprint density at radius 3 is 3.00 bits per heavy atom. The van der Waals surface area contributed by atoms with Gasteiger partial charge in [-0.3, -0.25) is 10.3 Å². The SMILES string of the molecule is Nc1csc(NN=Cc2ccccc2OCCCN2CCOCC2)n1. The van der Waals surface area contributed by atoms with E-state index in [-0.39, 0.29) is 0 Å². The molecule has 3 N–H and O–H groups in total. The standard InChI is InChI=1S/C17H23N5O2S/c18-16-13-25-17(20-16)21-19-12-14-4-1-2-5-15(14)24-9-3-6-22-7-10-23-11-8-22/h1-2,4-5,12-13H,3,6-11,18H2,(H,20,21). The number of anilines is 2. The van der Waals surface area contributed by atoms with Crippen LogP contribution in [-0.2, 0) is 4.74 Å². The lowest BCUT2D eigenvalue weighted by Crippen LogP contribution is -2.37. The van der Waals surface area contributed by atoms with Crippen molar-refractivity contribution in [1.82, 2.24) is 9.88 Å². The average Bonchev–Trinajstić information content (AvgIpc) is 3.06. The highest BCUT2D eigenvalue weighted by Gasteiger charge is 2.09. The zero-order valence-electron chi connectivity index (χ0n) is 14.1. The molecule has 0 aliphatic carbocycles. The van der Waals surface area contributed by atoms with Gasteiger partial charge >= 0.3 is 0 Å². The smallest absolute Gasteiger partial charge is 0.205 e. The molecule has 2 aromatic rings. The van der Waals surface area contributed by atoms with Crippen molar-refractivity contribution in [3.8, 4) is 5.75 Å². The minimum atomic E-state index is 0.492. The molecule has 8 heteroatoms. The number of ether oxygens (including phenoxy) is 2. The molecule has 0 saturated carbocycles. The van der Waals surface area contributed by atoms with Crippen molar-refractivity contribution in [2.24, 2.45) is 5.10 Å². The van der Waals surface area contributed by atoms with E-state index in [4.69, 9.17) is 15.2 Å². The summed E-state index contributed by atoms with van der Waals surface area (Å²) in [5, 5.41) is 6.63. The first-order valence-electron chi connectivity index (χ1n) is 8.33. The van der Waals surface area contributed by atoms with Crippen LogP contribution in [0.3, 0.4) is 0 Å². The van der Waals surface area contributed by atoms with Crippen LogP contribution in [0.25, 0.3) is 0 Å². The lowest BCUT2D eigenvalue weighted by atomic mass is 10.2. The Hall–Kier alpha value is -2.16. The highest BCUT2D eigenvalue weighted by molar-refractivity contribution is 7.14. The molecule has 1 fully saturated rings. The maximum atomic E-state index is 5.93. The van der Waals surface area contributed by atoms with E-state index < -0.39 is 0 Å². The molecule has 3 rings (SSSR count). The number of hydrogen-bond donors (Lipinski definition) is 2. The quantitative estimate of drug-likeness (QED) is 0.426. The Labute approximate surface area is 151 Å². The Morgan fingerprint density at radius 2 is 2.20 bits per heavy atom. The van der Waals surface area contributed by atoms with Crippen molar-refractivity contribution < 1.29 is 9.47 Å². The van der Waals surface area contributed by atoms with Crippen LogP contribution in [0.15, 0.2) is 34.7 Å². The molecule has 1 saturated heterocycles. The molecule has 0 spiro atoms. The fourth-order valence-electron chi connectivity index (χ4n) is 2.51. The van der Waals surface area contributed by atoms with Gasteiger partial charge in [0.05, 0.1) is 26.0 Å². The van der Waals surface area contributed by atoms with Crippen molar-refractivity contribution in [1.29, 1.82) is 0 Å². The number of nitrogen functional groups attached to an aromatic ring is 1. The molecule has 0 radical (unpaired) electrons. The minimum Gasteiger partial charge on any atom is -0.493 e. The largest absolute Gasteiger partial charge is 0.493 e. The number of nitrogens with zero attached hydrogens (tertiary/aromatic N) is 3. The molecule has 1 aromatic carbocycles. The van der Waals surface area contributed by atoms with E-state index in [2.05, 4.69) is 20.4 Å². The Balaban J connectivity index is 1.46. The number of hydrogen-bond acceptors (Lipinski definition) is 8. The van der Waals surface area contributed by atoms with Crippen LogP contribution in [0.4, 0.5) is 10.9 Å². The number of benzene rings is 1. The van der Waals surface area contributed by atoms with Crippen molar-refractivity contribution in [2.75, 3.05) is 50.6 Å². The van der Waals surface area contributed by atoms with Gasteiger partial charge in [-0.15, -0.1) is 11.3 Å².